The van der Waals surface area contributed by atoms with Crippen LogP contribution >= 0.6 is 34.5 Å². The molecule has 0 aliphatic rings. The van der Waals surface area contributed by atoms with Crippen molar-refractivity contribution in [2.75, 3.05) is 13.1 Å². The van der Waals surface area contributed by atoms with Crippen LogP contribution in [0, 0.1) is 0 Å². The molecule has 0 aliphatic carbocycles. The van der Waals surface area contributed by atoms with Gasteiger partial charge in [0.2, 0.25) is 0 Å². The van der Waals surface area contributed by atoms with E-state index in [1.54, 1.807) is 17.4 Å². The van der Waals surface area contributed by atoms with E-state index in [-0.39, 0.29) is 0 Å². The molecule has 1 heterocycles. The summed E-state index contributed by atoms with van der Waals surface area (Å²) in [4.78, 5) is 3.27. The number of hydrogen-bond acceptors (Lipinski definition) is 3. The molecule has 0 radical (unpaired) electrons. The Kier molecular flexibility index (Phi) is 6.27. The Labute approximate surface area is 139 Å². The Hall–Kier alpha value is -0.840. The molecule has 0 saturated heterocycles. The Morgan fingerprint density at radius 2 is 2.00 bits per heavy atom. The predicted molar refractivity (Wildman–Crippen MR) is 91.2 cm³/mol. The van der Waals surface area contributed by atoms with Crippen LogP contribution in [0.1, 0.15) is 16.5 Å². The minimum absolute atomic E-state index is 0.491. The van der Waals surface area contributed by atoms with Gasteiger partial charge in [0.25, 0.3) is 0 Å². The Bertz CT molecular complexity index is 599. The van der Waals surface area contributed by atoms with E-state index in [0.717, 1.165) is 21.3 Å². The number of rotatable bonds is 7. The van der Waals surface area contributed by atoms with Crippen LogP contribution in [0.25, 0.3) is 0 Å². The maximum atomic E-state index is 10.4. The third kappa shape index (κ3) is 4.83. The first kappa shape index (κ1) is 16.5. The van der Waals surface area contributed by atoms with Crippen molar-refractivity contribution in [1.82, 2.24) is 4.90 Å². The van der Waals surface area contributed by atoms with Gasteiger partial charge < -0.3 is 5.11 Å². The van der Waals surface area contributed by atoms with Crippen LogP contribution < -0.4 is 0 Å². The first-order valence-corrected chi connectivity index (χ1v) is 8.17. The summed E-state index contributed by atoms with van der Waals surface area (Å²) in [7, 11) is 0. The van der Waals surface area contributed by atoms with E-state index in [0.29, 0.717) is 18.1 Å². The minimum atomic E-state index is -0.630. The average Bonchev–Trinajstić information content (AvgIpc) is 2.84. The van der Waals surface area contributed by atoms with Gasteiger partial charge in [-0.2, -0.15) is 0 Å². The monoisotopic (exact) mass is 341 g/mol. The quantitative estimate of drug-likeness (QED) is 0.732. The van der Waals surface area contributed by atoms with Crippen LogP contribution in [-0.4, -0.2) is 23.1 Å². The summed E-state index contributed by atoms with van der Waals surface area (Å²) >= 11 is 13.6. The normalized spacial score (nSPS) is 12.6. The van der Waals surface area contributed by atoms with Crippen molar-refractivity contribution in [3.8, 4) is 0 Å². The fraction of sp³-hybridized carbons (Fsp3) is 0.250. The molecule has 1 unspecified atom stereocenters. The highest BCUT2D eigenvalue weighted by Crippen LogP contribution is 2.26. The zero-order valence-electron chi connectivity index (χ0n) is 11.5. The van der Waals surface area contributed by atoms with E-state index < -0.39 is 6.10 Å². The van der Waals surface area contributed by atoms with Gasteiger partial charge in [-0.05, 0) is 18.2 Å². The van der Waals surface area contributed by atoms with Crippen molar-refractivity contribution < 1.29 is 5.11 Å². The zero-order valence-corrected chi connectivity index (χ0v) is 13.8. The van der Waals surface area contributed by atoms with E-state index in [1.165, 1.54) is 0 Å². The number of nitrogens with zero attached hydrogens (tertiary/aromatic N) is 1. The topological polar surface area (TPSA) is 23.5 Å². The standard InChI is InChI=1S/C16H17Cl2NOS/c1-2-9-19(10-12-7-8-16(18)21-12)11-15(20)13-5-3-4-6-14(13)17/h2-8,15,20H,1,9-11H2. The van der Waals surface area contributed by atoms with Crippen LogP contribution in [-0.2, 0) is 6.54 Å². The second-order valence-electron chi connectivity index (χ2n) is 4.73. The third-order valence-electron chi connectivity index (χ3n) is 3.09. The number of thiophene rings is 1. The lowest BCUT2D eigenvalue weighted by atomic mass is 10.1. The van der Waals surface area contributed by atoms with Crippen LogP contribution in [0.4, 0.5) is 0 Å². The summed E-state index contributed by atoms with van der Waals surface area (Å²) in [5, 5.41) is 11.0. The molecule has 1 N–H and O–H groups in total. The number of benzene rings is 1. The summed E-state index contributed by atoms with van der Waals surface area (Å²) in [5.41, 5.74) is 0.748. The van der Waals surface area contributed by atoms with Gasteiger partial charge >= 0.3 is 0 Å². The molecule has 0 bridgehead atoms. The molecule has 0 aliphatic heterocycles. The fourth-order valence-corrected chi connectivity index (χ4v) is 3.52. The molecular formula is C16H17Cl2NOS. The largest absolute Gasteiger partial charge is 0.387 e. The van der Waals surface area contributed by atoms with Crippen molar-refractivity contribution in [3.05, 3.63) is 68.9 Å². The lowest BCUT2D eigenvalue weighted by molar-refractivity contribution is 0.116. The van der Waals surface area contributed by atoms with E-state index >= 15 is 0 Å². The number of aliphatic hydroxyl groups excluding tert-OH is 1. The number of aliphatic hydroxyl groups is 1. The zero-order chi connectivity index (χ0) is 15.2. The Balaban J connectivity index is 2.05. The SMILES string of the molecule is C=CCN(Cc1ccc(Cl)s1)CC(O)c1ccccc1Cl. The molecule has 0 amide bonds. The average molecular weight is 342 g/mol. The van der Waals surface area contributed by atoms with Gasteiger partial charge in [-0.15, -0.1) is 17.9 Å². The number of halogens is 2. The Morgan fingerprint density at radius 3 is 2.62 bits per heavy atom. The van der Waals surface area contributed by atoms with E-state index in [4.69, 9.17) is 23.2 Å². The highest BCUT2D eigenvalue weighted by molar-refractivity contribution is 7.16. The highest BCUT2D eigenvalue weighted by Gasteiger charge is 2.16. The van der Waals surface area contributed by atoms with E-state index in [1.807, 2.05) is 36.4 Å². The highest BCUT2D eigenvalue weighted by atomic mass is 35.5. The summed E-state index contributed by atoms with van der Waals surface area (Å²) in [6.45, 7) is 5.68. The minimum Gasteiger partial charge on any atom is -0.387 e. The van der Waals surface area contributed by atoms with Gasteiger partial charge in [0, 0.05) is 35.1 Å². The van der Waals surface area contributed by atoms with Crippen molar-refractivity contribution >= 4 is 34.5 Å². The van der Waals surface area contributed by atoms with Crippen LogP contribution in [0.15, 0.2) is 49.1 Å². The van der Waals surface area contributed by atoms with Gasteiger partial charge in [-0.3, -0.25) is 4.90 Å². The first-order valence-electron chi connectivity index (χ1n) is 6.60. The summed E-state index contributed by atoms with van der Waals surface area (Å²) in [6.07, 6.45) is 1.20. The van der Waals surface area contributed by atoms with Crippen molar-refractivity contribution in [2.45, 2.75) is 12.6 Å². The molecule has 0 fully saturated rings. The van der Waals surface area contributed by atoms with E-state index in [9.17, 15) is 5.11 Å². The van der Waals surface area contributed by atoms with Crippen molar-refractivity contribution in [1.29, 1.82) is 0 Å². The fourth-order valence-electron chi connectivity index (χ4n) is 2.13. The molecule has 1 aromatic carbocycles. The third-order valence-corrected chi connectivity index (χ3v) is 4.65. The van der Waals surface area contributed by atoms with Crippen molar-refractivity contribution in [3.63, 3.8) is 0 Å². The summed E-state index contributed by atoms with van der Waals surface area (Å²) in [6, 6.07) is 11.3. The summed E-state index contributed by atoms with van der Waals surface area (Å²) < 4.78 is 0.773. The first-order chi connectivity index (χ1) is 10.1. The lowest BCUT2D eigenvalue weighted by Crippen LogP contribution is -2.28. The second kappa shape index (κ2) is 7.97. The maximum Gasteiger partial charge on any atom is 0.0931 e. The molecule has 2 rings (SSSR count). The van der Waals surface area contributed by atoms with Crippen LogP contribution in [0.2, 0.25) is 9.36 Å². The van der Waals surface area contributed by atoms with E-state index in [2.05, 4.69) is 11.5 Å². The molecule has 21 heavy (non-hydrogen) atoms. The molecule has 0 spiro atoms. The van der Waals surface area contributed by atoms with Crippen LogP contribution in [0.3, 0.4) is 0 Å². The molecule has 2 nitrogen and oxygen atoms in total. The molecular weight excluding hydrogens is 325 g/mol. The maximum absolute atomic E-state index is 10.4. The predicted octanol–water partition coefficient (Wildman–Crippen LogP) is 4.78. The van der Waals surface area contributed by atoms with Crippen molar-refractivity contribution in [2.24, 2.45) is 0 Å². The summed E-state index contributed by atoms with van der Waals surface area (Å²) in [5.74, 6) is 0. The van der Waals surface area contributed by atoms with Gasteiger partial charge in [-0.1, -0.05) is 47.5 Å². The van der Waals surface area contributed by atoms with Gasteiger partial charge in [0.05, 0.1) is 10.4 Å². The van der Waals surface area contributed by atoms with Gasteiger partial charge in [0.1, 0.15) is 0 Å². The lowest BCUT2D eigenvalue weighted by Gasteiger charge is -2.24. The molecule has 5 heteroatoms. The second-order valence-corrected chi connectivity index (χ2v) is 6.93. The van der Waals surface area contributed by atoms with Gasteiger partial charge in [0.15, 0.2) is 0 Å². The van der Waals surface area contributed by atoms with Gasteiger partial charge in [-0.25, -0.2) is 0 Å². The number of hydrogen-bond donors (Lipinski definition) is 1. The smallest absolute Gasteiger partial charge is 0.0931 e. The molecule has 112 valence electrons. The molecule has 1 atom stereocenters. The van der Waals surface area contributed by atoms with Crippen LogP contribution in [0.5, 0.6) is 0 Å². The molecule has 1 aromatic heterocycles. The molecule has 0 saturated carbocycles. The molecule has 2 aromatic rings. The Morgan fingerprint density at radius 1 is 1.24 bits per heavy atom.